The number of imidazole rings is 1. The number of carbonyl (C=O) groups is 1. The van der Waals surface area contributed by atoms with E-state index in [9.17, 15) is 9.18 Å². The van der Waals surface area contributed by atoms with E-state index < -0.39 is 11.6 Å². The van der Waals surface area contributed by atoms with Crippen LogP contribution in [0, 0.1) is 5.82 Å². The van der Waals surface area contributed by atoms with Gasteiger partial charge in [-0.2, -0.15) is 0 Å². The Morgan fingerprint density at radius 2 is 2.25 bits per heavy atom. The monoisotopic (exact) mass is 219 g/mol. The van der Waals surface area contributed by atoms with E-state index in [0.29, 0.717) is 6.54 Å². The van der Waals surface area contributed by atoms with Crippen LogP contribution in [0.2, 0.25) is 0 Å². The number of nitrogens with zero attached hydrogens (tertiary/aromatic N) is 3. The summed E-state index contributed by atoms with van der Waals surface area (Å²) >= 11 is 0. The molecule has 0 aliphatic rings. The molecular weight excluding hydrogens is 209 g/mol. The SMILES string of the molecule is CCn1ccnc1C(=O)c1ncccc1F. The van der Waals surface area contributed by atoms with Crippen LogP contribution in [-0.4, -0.2) is 20.3 Å². The van der Waals surface area contributed by atoms with Crippen LogP contribution in [-0.2, 0) is 6.54 Å². The van der Waals surface area contributed by atoms with Gasteiger partial charge in [-0.1, -0.05) is 0 Å². The molecule has 0 saturated carbocycles. The van der Waals surface area contributed by atoms with Gasteiger partial charge in [0.15, 0.2) is 11.6 Å². The fourth-order valence-electron chi connectivity index (χ4n) is 1.43. The summed E-state index contributed by atoms with van der Waals surface area (Å²) in [6, 6.07) is 2.65. The first kappa shape index (κ1) is 10.5. The number of halogens is 1. The van der Waals surface area contributed by atoms with Crippen molar-refractivity contribution in [2.75, 3.05) is 0 Å². The lowest BCUT2D eigenvalue weighted by Crippen LogP contribution is -2.13. The number of pyridine rings is 1. The summed E-state index contributed by atoms with van der Waals surface area (Å²) in [7, 11) is 0. The molecule has 0 fully saturated rings. The summed E-state index contributed by atoms with van der Waals surface area (Å²) < 4.78 is 15.0. The molecule has 0 atom stereocenters. The predicted molar refractivity (Wildman–Crippen MR) is 55.5 cm³/mol. The Kier molecular flexibility index (Phi) is 2.76. The second kappa shape index (κ2) is 4.22. The highest BCUT2D eigenvalue weighted by Gasteiger charge is 2.19. The molecule has 0 aromatic carbocycles. The molecule has 0 amide bonds. The average molecular weight is 219 g/mol. The Balaban J connectivity index is 2.44. The molecule has 0 aliphatic heterocycles. The highest BCUT2D eigenvalue weighted by Crippen LogP contribution is 2.09. The van der Waals surface area contributed by atoms with E-state index in [1.54, 1.807) is 10.8 Å². The second-order valence-corrected chi connectivity index (χ2v) is 3.20. The summed E-state index contributed by atoms with van der Waals surface area (Å²) in [4.78, 5) is 19.6. The number of carbonyl (C=O) groups excluding carboxylic acids is 1. The van der Waals surface area contributed by atoms with Crippen LogP contribution in [0.1, 0.15) is 23.2 Å². The van der Waals surface area contributed by atoms with Gasteiger partial charge in [0.25, 0.3) is 0 Å². The summed E-state index contributed by atoms with van der Waals surface area (Å²) in [6.45, 7) is 2.49. The number of hydrogen-bond acceptors (Lipinski definition) is 3. The topological polar surface area (TPSA) is 47.8 Å². The highest BCUT2D eigenvalue weighted by atomic mass is 19.1. The van der Waals surface area contributed by atoms with E-state index >= 15 is 0 Å². The summed E-state index contributed by atoms with van der Waals surface area (Å²) in [5.41, 5.74) is -0.191. The lowest BCUT2D eigenvalue weighted by atomic mass is 10.2. The van der Waals surface area contributed by atoms with Crippen LogP contribution >= 0.6 is 0 Å². The zero-order chi connectivity index (χ0) is 11.5. The van der Waals surface area contributed by atoms with E-state index in [1.165, 1.54) is 24.5 Å². The van der Waals surface area contributed by atoms with Gasteiger partial charge in [-0.05, 0) is 19.1 Å². The average Bonchev–Trinajstić information content (AvgIpc) is 2.77. The minimum absolute atomic E-state index is 0.191. The molecule has 0 bridgehead atoms. The molecule has 2 aromatic heterocycles. The fourth-order valence-corrected chi connectivity index (χ4v) is 1.43. The van der Waals surface area contributed by atoms with Crippen molar-refractivity contribution in [1.82, 2.24) is 14.5 Å². The molecular formula is C11H10FN3O. The lowest BCUT2D eigenvalue weighted by molar-refractivity contribution is 0.101. The maximum absolute atomic E-state index is 13.3. The van der Waals surface area contributed by atoms with Crippen molar-refractivity contribution in [2.24, 2.45) is 0 Å². The number of ketones is 1. The summed E-state index contributed by atoms with van der Waals surface area (Å²) in [5.74, 6) is -0.914. The summed E-state index contributed by atoms with van der Waals surface area (Å²) in [6.07, 6.45) is 4.57. The van der Waals surface area contributed by atoms with E-state index in [0.717, 1.165) is 0 Å². The van der Waals surface area contributed by atoms with E-state index in [2.05, 4.69) is 9.97 Å². The number of aromatic nitrogens is 3. The molecule has 0 spiro atoms. The van der Waals surface area contributed by atoms with Crippen molar-refractivity contribution in [2.45, 2.75) is 13.5 Å². The molecule has 0 radical (unpaired) electrons. The van der Waals surface area contributed by atoms with Crippen molar-refractivity contribution in [1.29, 1.82) is 0 Å². The first-order valence-electron chi connectivity index (χ1n) is 4.90. The minimum atomic E-state index is -0.627. The van der Waals surface area contributed by atoms with Gasteiger partial charge < -0.3 is 4.57 Å². The maximum atomic E-state index is 13.3. The molecule has 4 nitrogen and oxygen atoms in total. The van der Waals surface area contributed by atoms with Crippen LogP contribution in [0.3, 0.4) is 0 Å². The first-order valence-corrected chi connectivity index (χ1v) is 4.90. The first-order chi connectivity index (χ1) is 7.74. The van der Waals surface area contributed by atoms with Gasteiger partial charge in [-0.25, -0.2) is 14.4 Å². The molecule has 16 heavy (non-hydrogen) atoms. The predicted octanol–water partition coefficient (Wildman–Crippen LogP) is 1.67. The van der Waals surface area contributed by atoms with Crippen molar-refractivity contribution >= 4 is 5.78 Å². The quantitative estimate of drug-likeness (QED) is 0.738. The zero-order valence-electron chi connectivity index (χ0n) is 8.72. The fraction of sp³-hybridized carbons (Fsp3) is 0.182. The molecule has 0 saturated heterocycles. The Labute approximate surface area is 91.8 Å². The van der Waals surface area contributed by atoms with Crippen LogP contribution < -0.4 is 0 Å². The van der Waals surface area contributed by atoms with Gasteiger partial charge in [0.2, 0.25) is 5.78 Å². The van der Waals surface area contributed by atoms with Crippen LogP contribution in [0.15, 0.2) is 30.7 Å². The van der Waals surface area contributed by atoms with Crippen LogP contribution in [0.5, 0.6) is 0 Å². The van der Waals surface area contributed by atoms with Crippen molar-refractivity contribution in [3.63, 3.8) is 0 Å². The van der Waals surface area contributed by atoms with E-state index in [-0.39, 0.29) is 11.5 Å². The van der Waals surface area contributed by atoms with Gasteiger partial charge in [0, 0.05) is 25.1 Å². The van der Waals surface area contributed by atoms with Crippen molar-refractivity contribution in [3.8, 4) is 0 Å². The third kappa shape index (κ3) is 1.71. The van der Waals surface area contributed by atoms with Crippen LogP contribution in [0.4, 0.5) is 4.39 Å². The molecule has 2 heterocycles. The number of aryl methyl sites for hydroxylation is 1. The molecule has 2 rings (SSSR count). The standard InChI is InChI=1S/C11H10FN3O/c1-2-15-7-6-14-11(15)10(16)9-8(12)4-3-5-13-9/h3-7H,2H2,1H3. The van der Waals surface area contributed by atoms with Crippen molar-refractivity contribution in [3.05, 3.63) is 48.1 Å². The zero-order valence-corrected chi connectivity index (χ0v) is 8.72. The number of rotatable bonds is 3. The smallest absolute Gasteiger partial charge is 0.249 e. The van der Waals surface area contributed by atoms with Gasteiger partial charge in [-0.15, -0.1) is 0 Å². The largest absolute Gasteiger partial charge is 0.328 e. The van der Waals surface area contributed by atoms with Crippen molar-refractivity contribution < 1.29 is 9.18 Å². The van der Waals surface area contributed by atoms with E-state index in [4.69, 9.17) is 0 Å². The van der Waals surface area contributed by atoms with Crippen LogP contribution in [0.25, 0.3) is 0 Å². The maximum Gasteiger partial charge on any atom is 0.249 e. The van der Waals surface area contributed by atoms with Gasteiger partial charge in [0.1, 0.15) is 5.69 Å². The number of hydrogen-bond donors (Lipinski definition) is 0. The third-order valence-electron chi connectivity index (χ3n) is 2.23. The molecule has 0 N–H and O–H groups in total. The molecule has 2 aromatic rings. The summed E-state index contributed by atoms with van der Waals surface area (Å²) in [5, 5.41) is 0. The molecule has 0 aliphatic carbocycles. The Morgan fingerprint density at radius 3 is 2.94 bits per heavy atom. The van der Waals surface area contributed by atoms with Gasteiger partial charge in [-0.3, -0.25) is 4.79 Å². The van der Waals surface area contributed by atoms with Gasteiger partial charge in [0.05, 0.1) is 0 Å². The molecule has 82 valence electrons. The Morgan fingerprint density at radius 1 is 1.44 bits per heavy atom. The normalized spacial score (nSPS) is 10.4. The lowest BCUT2D eigenvalue weighted by Gasteiger charge is -2.03. The van der Waals surface area contributed by atoms with E-state index in [1.807, 2.05) is 6.92 Å². The Bertz CT molecular complexity index is 521. The molecule has 5 heteroatoms. The minimum Gasteiger partial charge on any atom is -0.328 e. The third-order valence-corrected chi connectivity index (χ3v) is 2.23. The highest BCUT2D eigenvalue weighted by molar-refractivity contribution is 6.05. The van der Waals surface area contributed by atoms with Gasteiger partial charge >= 0.3 is 0 Å². The Hall–Kier alpha value is -2.04. The second-order valence-electron chi connectivity index (χ2n) is 3.20. The molecule has 0 unspecified atom stereocenters.